The highest BCUT2D eigenvalue weighted by Gasteiger charge is 2.16. The molecule has 1 atom stereocenters. The Morgan fingerprint density at radius 2 is 1.62 bits per heavy atom. The largest absolute Gasteiger partial charge is 0.324 e. The minimum atomic E-state index is -3.33. The first-order valence-corrected chi connectivity index (χ1v) is 6.08. The van der Waals surface area contributed by atoms with Gasteiger partial charge >= 0.3 is 0 Å². The molecular weight excluding hydrogens is 248 g/mol. The predicted octanol–water partition coefficient (Wildman–Crippen LogP) is 1.38. The van der Waals surface area contributed by atoms with Gasteiger partial charge in [0.1, 0.15) is 0 Å². The zero-order valence-electron chi connectivity index (χ0n) is 9.54. The monoisotopic (exact) mass is 264 g/mol. The molecular formula is C10H17ClN2O2S. The highest BCUT2D eigenvalue weighted by Crippen LogP contribution is 2.16. The molecule has 0 saturated carbocycles. The molecule has 0 amide bonds. The molecule has 4 nitrogen and oxygen atoms in total. The first kappa shape index (κ1) is 15.4. The second-order valence-electron chi connectivity index (χ2n) is 3.65. The van der Waals surface area contributed by atoms with Crippen LogP contribution in [-0.4, -0.2) is 26.8 Å². The highest BCUT2D eigenvalue weighted by molar-refractivity contribution is 7.89. The summed E-state index contributed by atoms with van der Waals surface area (Å²) in [7, 11) is -0.309. The number of benzene rings is 1. The lowest BCUT2D eigenvalue weighted by atomic mass is 10.1. The molecule has 0 aliphatic carbocycles. The molecule has 1 aromatic rings. The second-order valence-corrected chi connectivity index (χ2v) is 5.80. The minimum absolute atomic E-state index is 0. The Morgan fingerprint density at radius 1 is 1.19 bits per heavy atom. The van der Waals surface area contributed by atoms with E-state index in [0.717, 1.165) is 5.56 Å². The lowest BCUT2D eigenvalue weighted by Crippen LogP contribution is -2.22. The average Bonchev–Trinajstić information content (AvgIpc) is 2.17. The Kier molecular flexibility index (Phi) is 5.41. The van der Waals surface area contributed by atoms with E-state index < -0.39 is 10.0 Å². The fourth-order valence-electron chi connectivity index (χ4n) is 1.15. The van der Waals surface area contributed by atoms with Gasteiger partial charge in [0.2, 0.25) is 10.0 Å². The molecule has 0 aliphatic heterocycles. The lowest BCUT2D eigenvalue weighted by molar-refractivity contribution is 0.520. The van der Waals surface area contributed by atoms with Crippen molar-refractivity contribution in [2.45, 2.75) is 17.9 Å². The average molecular weight is 265 g/mol. The van der Waals surface area contributed by atoms with E-state index in [9.17, 15) is 8.42 Å². The van der Waals surface area contributed by atoms with Crippen molar-refractivity contribution in [3.8, 4) is 0 Å². The molecule has 0 aliphatic rings. The molecule has 0 radical (unpaired) electrons. The number of rotatable bonds is 3. The molecule has 1 aromatic carbocycles. The fraction of sp³-hybridized carbons (Fsp3) is 0.400. The number of hydrogen-bond acceptors (Lipinski definition) is 3. The number of nitrogens with two attached hydrogens (primary N) is 1. The molecule has 2 N–H and O–H groups in total. The summed E-state index contributed by atoms with van der Waals surface area (Å²) in [6.07, 6.45) is 0. The van der Waals surface area contributed by atoms with Gasteiger partial charge in [0, 0.05) is 20.1 Å². The SMILES string of the molecule is CC(N)c1ccc(S(=O)(=O)N(C)C)cc1.Cl. The molecule has 16 heavy (non-hydrogen) atoms. The van der Waals surface area contributed by atoms with Gasteiger partial charge in [-0.05, 0) is 24.6 Å². The quantitative estimate of drug-likeness (QED) is 0.897. The molecule has 0 spiro atoms. The third-order valence-corrected chi connectivity index (χ3v) is 4.01. The first-order chi connectivity index (χ1) is 6.85. The summed E-state index contributed by atoms with van der Waals surface area (Å²) < 4.78 is 24.6. The zero-order chi connectivity index (χ0) is 11.6. The molecule has 0 fully saturated rings. The number of sulfonamides is 1. The van der Waals surface area contributed by atoms with E-state index in [0.29, 0.717) is 0 Å². The van der Waals surface area contributed by atoms with E-state index in [-0.39, 0.29) is 23.3 Å². The van der Waals surface area contributed by atoms with Crippen molar-refractivity contribution < 1.29 is 8.42 Å². The Hall–Kier alpha value is -0.620. The first-order valence-electron chi connectivity index (χ1n) is 4.64. The van der Waals surface area contributed by atoms with Crippen LogP contribution >= 0.6 is 12.4 Å². The molecule has 0 bridgehead atoms. The molecule has 6 heteroatoms. The third kappa shape index (κ3) is 3.18. The minimum Gasteiger partial charge on any atom is -0.324 e. The standard InChI is InChI=1S/C10H16N2O2S.ClH/c1-8(11)9-4-6-10(7-5-9)15(13,14)12(2)3;/h4-8H,11H2,1-3H3;1H. The lowest BCUT2D eigenvalue weighted by Gasteiger charge is -2.12. The maximum atomic E-state index is 11.7. The number of halogens is 1. The van der Waals surface area contributed by atoms with Crippen LogP contribution in [0.15, 0.2) is 29.2 Å². The Balaban J connectivity index is 0.00000225. The summed E-state index contributed by atoms with van der Waals surface area (Å²) in [6.45, 7) is 1.86. The van der Waals surface area contributed by atoms with Gasteiger partial charge in [-0.1, -0.05) is 12.1 Å². The number of nitrogens with zero attached hydrogens (tertiary/aromatic N) is 1. The Morgan fingerprint density at radius 3 is 1.94 bits per heavy atom. The van der Waals surface area contributed by atoms with Crippen LogP contribution in [0.1, 0.15) is 18.5 Å². The summed E-state index contributed by atoms with van der Waals surface area (Å²) in [5.41, 5.74) is 6.60. The fourth-order valence-corrected chi connectivity index (χ4v) is 2.06. The van der Waals surface area contributed by atoms with Crippen molar-refractivity contribution in [3.63, 3.8) is 0 Å². The van der Waals surface area contributed by atoms with Crippen LogP contribution in [0.3, 0.4) is 0 Å². The third-order valence-electron chi connectivity index (χ3n) is 2.18. The van der Waals surface area contributed by atoms with Crippen molar-refractivity contribution >= 4 is 22.4 Å². The van der Waals surface area contributed by atoms with Crippen LogP contribution in [0, 0.1) is 0 Å². The zero-order valence-corrected chi connectivity index (χ0v) is 11.2. The normalized spacial score (nSPS) is 13.3. The van der Waals surface area contributed by atoms with Gasteiger partial charge in [0.15, 0.2) is 0 Å². The van der Waals surface area contributed by atoms with Crippen molar-refractivity contribution in [3.05, 3.63) is 29.8 Å². The van der Waals surface area contributed by atoms with Crippen molar-refractivity contribution in [1.29, 1.82) is 0 Å². The van der Waals surface area contributed by atoms with Gasteiger partial charge in [-0.15, -0.1) is 12.4 Å². The van der Waals surface area contributed by atoms with Gasteiger partial charge in [-0.2, -0.15) is 0 Å². The Labute approximate surface area is 103 Å². The van der Waals surface area contributed by atoms with E-state index in [1.807, 2.05) is 6.92 Å². The Bertz CT molecular complexity index is 427. The summed E-state index contributed by atoms with van der Waals surface area (Å²) in [5.74, 6) is 0. The van der Waals surface area contributed by atoms with E-state index >= 15 is 0 Å². The molecule has 1 rings (SSSR count). The van der Waals surface area contributed by atoms with Gasteiger partial charge in [-0.25, -0.2) is 12.7 Å². The molecule has 0 saturated heterocycles. The molecule has 0 heterocycles. The van der Waals surface area contributed by atoms with Crippen LogP contribution in [-0.2, 0) is 10.0 Å². The summed E-state index contributed by atoms with van der Waals surface area (Å²) in [5, 5.41) is 0. The second kappa shape index (κ2) is 5.63. The van der Waals surface area contributed by atoms with Crippen LogP contribution in [0.4, 0.5) is 0 Å². The van der Waals surface area contributed by atoms with E-state index in [1.165, 1.54) is 18.4 Å². The summed E-state index contributed by atoms with van der Waals surface area (Å²) in [4.78, 5) is 0.289. The van der Waals surface area contributed by atoms with Crippen molar-refractivity contribution in [2.24, 2.45) is 5.73 Å². The topological polar surface area (TPSA) is 63.4 Å². The molecule has 92 valence electrons. The number of hydrogen-bond donors (Lipinski definition) is 1. The van der Waals surface area contributed by atoms with Crippen LogP contribution in [0.25, 0.3) is 0 Å². The summed E-state index contributed by atoms with van der Waals surface area (Å²) >= 11 is 0. The van der Waals surface area contributed by atoms with E-state index in [4.69, 9.17) is 5.73 Å². The van der Waals surface area contributed by atoms with Crippen molar-refractivity contribution in [1.82, 2.24) is 4.31 Å². The smallest absolute Gasteiger partial charge is 0.242 e. The van der Waals surface area contributed by atoms with Gasteiger partial charge in [0.05, 0.1) is 4.90 Å². The van der Waals surface area contributed by atoms with Gasteiger partial charge in [0.25, 0.3) is 0 Å². The van der Waals surface area contributed by atoms with Crippen LogP contribution in [0.5, 0.6) is 0 Å². The van der Waals surface area contributed by atoms with Crippen LogP contribution in [0.2, 0.25) is 0 Å². The predicted molar refractivity (Wildman–Crippen MR) is 67.2 cm³/mol. The van der Waals surface area contributed by atoms with Gasteiger partial charge < -0.3 is 5.73 Å². The molecule has 1 unspecified atom stereocenters. The maximum absolute atomic E-state index is 11.7. The maximum Gasteiger partial charge on any atom is 0.242 e. The van der Waals surface area contributed by atoms with Crippen molar-refractivity contribution in [2.75, 3.05) is 14.1 Å². The molecule has 0 aromatic heterocycles. The van der Waals surface area contributed by atoms with Crippen LogP contribution < -0.4 is 5.73 Å². The highest BCUT2D eigenvalue weighted by atomic mass is 35.5. The van der Waals surface area contributed by atoms with E-state index in [2.05, 4.69) is 0 Å². The van der Waals surface area contributed by atoms with E-state index in [1.54, 1.807) is 24.3 Å². The van der Waals surface area contributed by atoms with Gasteiger partial charge in [-0.3, -0.25) is 0 Å². The summed E-state index contributed by atoms with van der Waals surface area (Å²) in [6, 6.07) is 6.55.